The Morgan fingerprint density at radius 1 is 0.880 bits per heavy atom. The highest BCUT2D eigenvalue weighted by Gasteiger charge is 2.53. The van der Waals surface area contributed by atoms with E-state index in [-0.39, 0.29) is 5.75 Å². The molecule has 25 heavy (non-hydrogen) atoms. The van der Waals surface area contributed by atoms with Gasteiger partial charge in [-0.1, -0.05) is 18.2 Å². The van der Waals surface area contributed by atoms with E-state index in [9.17, 15) is 9.90 Å². The molecule has 2 aliphatic rings. The fourth-order valence-electron chi connectivity index (χ4n) is 3.68. The Labute approximate surface area is 143 Å². The van der Waals surface area contributed by atoms with Crippen molar-refractivity contribution in [3.05, 3.63) is 82.9 Å². The van der Waals surface area contributed by atoms with Crippen molar-refractivity contribution < 1.29 is 19.4 Å². The third-order valence-electron chi connectivity index (χ3n) is 4.72. The molecule has 122 valence electrons. The molecule has 1 atom stereocenters. The van der Waals surface area contributed by atoms with E-state index in [0.29, 0.717) is 33.9 Å². The monoisotopic (exact) mass is 331 g/mol. The van der Waals surface area contributed by atoms with Crippen molar-refractivity contribution in [3.63, 3.8) is 0 Å². The maximum atomic E-state index is 12.6. The molecule has 0 amide bonds. The van der Waals surface area contributed by atoms with Gasteiger partial charge >= 0.3 is 5.97 Å². The van der Waals surface area contributed by atoms with Gasteiger partial charge in [0.05, 0.1) is 5.56 Å². The topological polar surface area (TPSA) is 81.8 Å². The molecule has 5 nitrogen and oxygen atoms in total. The Bertz CT molecular complexity index is 1060. The fourth-order valence-corrected chi connectivity index (χ4v) is 3.68. The Balaban J connectivity index is 1.92. The Hall–Kier alpha value is -3.47. The zero-order valence-electron chi connectivity index (χ0n) is 13.0. The lowest BCUT2D eigenvalue weighted by Gasteiger charge is -2.36. The SMILES string of the molecule is Nc1ccc2c(c1)C1(OC2=O)c2ccccc2Oc2cc(O)ccc21. The molecule has 0 fully saturated rings. The highest BCUT2D eigenvalue weighted by Crippen LogP contribution is 2.56. The normalized spacial score (nSPS) is 19.6. The number of fused-ring (bicyclic) bond motifs is 6. The van der Waals surface area contributed by atoms with Crippen molar-refractivity contribution in [2.75, 3.05) is 5.73 Å². The zero-order chi connectivity index (χ0) is 17.2. The summed E-state index contributed by atoms with van der Waals surface area (Å²) >= 11 is 0. The van der Waals surface area contributed by atoms with Gasteiger partial charge in [-0.05, 0) is 36.4 Å². The number of ether oxygens (including phenoxy) is 2. The van der Waals surface area contributed by atoms with Crippen molar-refractivity contribution in [1.82, 2.24) is 0 Å². The lowest BCUT2D eigenvalue weighted by atomic mass is 9.77. The highest BCUT2D eigenvalue weighted by molar-refractivity contribution is 5.97. The van der Waals surface area contributed by atoms with Crippen molar-refractivity contribution in [2.45, 2.75) is 5.60 Å². The van der Waals surface area contributed by atoms with Gasteiger partial charge in [0.25, 0.3) is 0 Å². The number of nitrogen functional groups attached to an aromatic ring is 1. The van der Waals surface area contributed by atoms with Gasteiger partial charge in [0, 0.05) is 28.4 Å². The second-order valence-electron chi connectivity index (χ2n) is 6.15. The molecule has 0 radical (unpaired) electrons. The summed E-state index contributed by atoms with van der Waals surface area (Å²) in [7, 11) is 0. The minimum absolute atomic E-state index is 0.0744. The summed E-state index contributed by atoms with van der Waals surface area (Å²) in [5.74, 6) is 0.682. The zero-order valence-corrected chi connectivity index (χ0v) is 13.0. The molecule has 3 N–H and O–H groups in total. The average molecular weight is 331 g/mol. The van der Waals surface area contributed by atoms with E-state index in [0.717, 1.165) is 5.56 Å². The molecule has 0 bridgehead atoms. The number of nitrogens with two attached hydrogens (primary N) is 1. The molecular formula is C20H13NO4. The highest BCUT2D eigenvalue weighted by atomic mass is 16.6. The van der Waals surface area contributed by atoms with E-state index in [4.69, 9.17) is 15.2 Å². The van der Waals surface area contributed by atoms with Crippen molar-refractivity contribution in [3.8, 4) is 17.2 Å². The van der Waals surface area contributed by atoms with Crippen LogP contribution >= 0.6 is 0 Å². The number of anilines is 1. The summed E-state index contributed by atoms with van der Waals surface area (Å²) in [5.41, 5.74) is 7.93. The van der Waals surface area contributed by atoms with E-state index in [1.807, 2.05) is 24.3 Å². The first-order valence-electron chi connectivity index (χ1n) is 7.84. The van der Waals surface area contributed by atoms with Crippen LogP contribution < -0.4 is 10.5 Å². The van der Waals surface area contributed by atoms with Gasteiger partial charge in [-0.15, -0.1) is 0 Å². The number of carbonyl (C=O) groups excluding carboxylic acids is 1. The number of phenolic OH excluding ortho intramolecular Hbond substituents is 1. The summed E-state index contributed by atoms with van der Waals surface area (Å²) in [6.07, 6.45) is 0. The standard InChI is InChI=1S/C20H13NO4/c21-11-5-7-13-16(9-11)20(25-19(13)23)14-3-1-2-4-17(14)24-18-10-12(22)6-8-15(18)20/h1-10,22H,21H2. The molecule has 0 saturated heterocycles. The summed E-state index contributed by atoms with van der Waals surface area (Å²) in [6.45, 7) is 0. The molecule has 0 aromatic heterocycles. The van der Waals surface area contributed by atoms with Crippen LogP contribution in [0, 0.1) is 0 Å². The van der Waals surface area contributed by atoms with Crippen LogP contribution in [0.3, 0.4) is 0 Å². The lowest BCUT2D eigenvalue weighted by Crippen LogP contribution is -2.33. The van der Waals surface area contributed by atoms with Crippen LogP contribution in [0.1, 0.15) is 27.0 Å². The summed E-state index contributed by atoms with van der Waals surface area (Å²) in [5, 5.41) is 9.85. The number of rotatable bonds is 0. The minimum atomic E-state index is -1.14. The molecule has 3 aromatic rings. The molecule has 0 aliphatic carbocycles. The number of esters is 1. The van der Waals surface area contributed by atoms with E-state index in [1.165, 1.54) is 6.07 Å². The van der Waals surface area contributed by atoms with E-state index >= 15 is 0 Å². The molecule has 1 unspecified atom stereocenters. The molecule has 5 heteroatoms. The van der Waals surface area contributed by atoms with Gasteiger partial charge in [0.15, 0.2) is 5.60 Å². The number of benzene rings is 3. The Kier molecular flexibility index (Phi) is 2.53. The Morgan fingerprint density at radius 3 is 2.56 bits per heavy atom. The predicted molar refractivity (Wildman–Crippen MR) is 90.8 cm³/mol. The van der Waals surface area contributed by atoms with Crippen LogP contribution in [0.15, 0.2) is 60.7 Å². The second kappa shape index (κ2) is 4.54. The Morgan fingerprint density at radius 2 is 1.68 bits per heavy atom. The average Bonchev–Trinajstić information content (AvgIpc) is 2.88. The first kappa shape index (κ1) is 13.9. The quantitative estimate of drug-likeness (QED) is 0.486. The number of para-hydroxylation sites is 1. The first-order chi connectivity index (χ1) is 12.1. The van der Waals surface area contributed by atoms with Crippen LogP contribution in [0.25, 0.3) is 0 Å². The molecule has 3 aromatic carbocycles. The maximum Gasteiger partial charge on any atom is 0.340 e. The van der Waals surface area contributed by atoms with E-state index < -0.39 is 11.6 Å². The molecule has 5 rings (SSSR count). The number of hydrogen-bond donors (Lipinski definition) is 2. The molecule has 2 heterocycles. The van der Waals surface area contributed by atoms with Crippen LogP contribution in [0.2, 0.25) is 0 Å². The van der Waals surface area contributed by atoms with E-state index in [1.54, 1.807) is 30.3 Å². The third-order valence-corrected chi connectivity index (χ3v) is 4.72. The summed E-state index contributed by atoms with van der Waals surface area (Å²) in [4.78, 5) is 12.6. The molecule has 1 spiro atoms. The van der Waals surface area contributed by atoms with E-state index in [2.05, 4.69) is 0 Å². The van der Waals surface area contributed by atoms with Gasteiger partial charge in [0.2, 0.25) is 0 Å². The number of carbonyl (C=O) groups is 1. The molecule has 0 saturated carbocycles. The van der Waals surface area contributed by atoms with Gasteiger partial charge in [-0.3, -0.25) is 0 Å². The lowest BCUT2D eigenvalue weighted by molar-refractivity contribution is 0.0224. The largest absolute Gasteiger partial charge is 0.508 e. The predicted octanol–water partition coefficient (Wildman–Crippen LogP) is 3.54. The summed E-state index contributed by atoms with van der Waals surface area (Å²) in [6, 6.07) is 17.3. The first-order valence-corrected chi connectivity index (χ1v) is 7.84. The smallest absolute Gasteiger partial charge is 0.340 e. The molecule has 2 aliphatic heterocycles. The fraction of sp³-hybridized carbons (Fsp3) is 0.0500. The molecular weight excluding hydrogens is 318 g/mol. The number of aromatic hydroxyl groups is 1. The van der Waals surface area contributed by atoms with Crippen LogP contribution in [0.5, 0.6) is 17.2 Å². The van der Waals surface area contributed by atoms with Crippen molar-refractivity contribution in [1.29, 1.82) is 0 Å². The summed E-state index contributed by atoms with van der Waals surface area (Å²) < 4.78 is 11.9. The number of phenols is 1. The van der Waals surface area contributed by atoms with Gasteiger partial charge in [0.1, 0.15) is 17.2 Å². The van der Waals surface area contributed by atoms with Crippen LogP contribution in [-0.2, 0) is 10.3 Å². The maximum absolute atomic E-state index is 12.6. The number of hydrogen-bond acceptors (Lipinski definition) is 5. The third kappa shape index (κ3) is 1.69. The second-order valence-corrected chi connectivity index (χ2v) is 6.15. The van der Waals surface area contributed by atoms with Gasteiger partial charge < -0.3 is 20.3 Å². The van der Waals surface area contributed by atoms with Gasteiger partial charge in [-0.25, -0.2) is 4.79 Å². The van der Waals surface area contributed by atoms with Gasteiger partial charge in [-0.2, -0.15) is 0 Å². The minimum Gasteiger partial charge on any atom is -0.508 e. The van der Waals surface area contributed by atoms with Crippen LogP contribution in [0.4, 0.5) is 5.69 Å². The van der Waals surface area contributed by atoms with Crippen molar-refractivity contribution >= 4 is 11.7 Å². The van der Waals surface area contributed by atoms with Crippen LogP contribution in [-0.4, -0.2) is 11.1 Å². The van der Waals surface area contributed by atoms with Crippen molar-refractivity contribution in [2.24, 2.45) is 0 Å².